The average molecular weight is 210 g/mol. The van der Waals surface area contributed by atoms with Crippen LogP contribution in [0.25, 0.3) is 0 Å². The van der Waals surface area contributed by atoms with Gasteiger partial charge in [-0.2, -0.15) is 13.2 Å². The summed E-state index contributed by atoms with van der Waals surface area (Å²) in [5.41, 5.74) is -1.46. The minimum Gasteiger partial charge on any atom is -0.205 e. The molecule has 0 atom stereocenters. The molecule has 0 radical (unpaired) electrons. The first-order valence-electron chi connectivity index (χ1n) is 3.77. The highest BCUT2D eigenvalue weighted by atomic mass is 19.4. The first kappa shape index (κ1) is 10.9. The van der Waals surface area contributed by atoms with Gasteiger partial charge in [0.2, 0.25) is 0 Å². The van der Waals surface area contributed by atoms with Crippen molar-refractivity contribution in [3.05, 3.63) is 34.9 Å². The van der Waals surface area contributed by atoms with Crippen LogP contribution in [0.2, 0.25) is 0 Å². The number of benzene rings is 1. The molecule has 0 saturated carbocycles. The third-order valence-electron chi connectivity index (χ3n) is 1.68. The number of hydrogen-bond acceptors (Lipinski definition) is 0. The number of rotatable bonds is 1. The SMILES string of the molecule is Cc1cc(C(F)F)cc(C(F)(F)F)c1. The molecule has 0 fully saturated rings. The number of halogens is 5. The third-order valence-corrected chi connectivity index (χ3v) is 1.68. The summed E-state index contributed by atoms with van der Waals surface area (Å²) in [5, 5.41) is 0. The fraction of sp³-hybridized carbons (Fsp3) is 0.333. The largest absolute Gasteiger partial charge is 0.416 e. The van der Waals surface area contributed by atoms with Crippen LogP contribution in [0, 0.1) is 6.92 Å². The van der Waals surface area contributed by atoms with Crippen LogP contribution in [0.4, 0.5) is 22.0 Å². The maximum atomic E-state index is 12.2. The Kier molecular flexibility index (Phi) is 2.78. The Balaban J connectivity index is 3.21. The van der Waals surface area contributed by atoms with E-state index in [1.165, 1.54) is 6.92 Å². The van der Waals surface area contributed by atoms with Gasteiger partial charge in [-0.25, -0.2) is 8.78 Å². The van der Waals surface area contributed by atoms with Crippen LogP contribution in [0.1, 0.15) is 23.1 Å². The van der Waals surface area contributed by atoms with Crippen LogP contribution in [-0.4, -0.2) is 0 Å². The van der Waals surface area contributed by atoms with Crippen molar-refractivity contribution < 1.29 is 22.0 Å². The summed E-state index contributed by atoms with van der Waals surface area (Å²) in [5.74, 6) is 0. The number of alkyl halides is 5. The Morgan fingerprint density at radius 3 is 2.07 bits per heavy atom. The lowest BCUT2D eigenvalue weighted by Gasteiger charge is -2.09. The molecule has 0 amide bonds. The molecule has 0 heterocycles. The van der Waals surface area contributed by atoms with Gasteiger partial charge in [-0.1, -0.05) is 11.6 Å². The lowest BCUT2D eigenvalue weighted by molar-refractivity contribution is -0.137. The second-order valence-electron chi connectivity index (χ2n) is 2.93. The molecule has 0 spiro atoms. The molecule has 0 aliphatic heterocycles. The lowest BCUT2D eigenvalue weighted by Crippen LogP contribution is -2.06. The zero-order valence-corrected chi connectivity index (χ0v) is 7.20. The summed E-state index contributed by atoms with van der Waals surface area (Å²) in [6, 6.07) is 2.35. The maximum absolute atomic E-state index is 12.2. The van der Waals surface area contributed by atoms with Gasteiger partial charge in [0.05, 0.1) is 5.56 Å². The van der Waals surface area contributed by atoms with E-state index in [0.717, 1.165) is 12.1 Å². The van der Waals surface area contributed by atoms with E-state index in [1.807, 2.05) is 0 Å². The van der Waals surface area contributed by atoms with Gasteiger partial charge in [0.1, 0.15) is 0 Å². The molecule has 0 unspecified atom stereocenters. The Morgan fingerprint density at radius 2 is 1.64 bits per heavy atom. The Labute approximate surface area is 77.4 Å². The minimum absolute atomic E-state index is 0.176. The van der Waals surface area contributed by atoms with Gasteiger partial charge in [0, 0.05) is 5.56 Å². The van der Waals surface area contributed by atoms with Crippen molar-refractivity contribution in [2.24, 2.45) is 0 Å². The zero-order valence-electron chi connectivity index (χ0n) is 7.20. The molecular weight excluding hydrogens is 203 g/mol. The second-order valence-corrected chi connectivity index (χ2v) is 2.93. The van der Waals surface area contributed by atoms with Crippen molar-refractivity contribution >= 4 is 0 Å². The summed E-state index contributed by atoms with van der Waals surface area (Å²) in [4.78, 5) is 0. The molecule has 0 aromatic heterocycles. The Morgan fingerprint density at radius 1 is 1.07 bits per heavy atom. The zero-order chi connectivity index (χ0) is 10.9. The molecule has 0 N–H and O–H groups in total. The van der Waals surface area contributed by atoms with E-state index in [1.54, 1.807) is 0 Å². The van der Waals surface area contributed by atoms with Crippen LogP contribution in [0.15, 0.2) is 18.2 Å². The van der Waals surface area contributed by atoms with Gasteiger partial charge in [0.15, 0.2) is 0 Å². The smallest absolute Gasteiger partial charge is 0.205 e. The van der Waals surface area contributed by atoms with Crippen LogP contribution >= 0.6 is 0 Å². The van der Waals surface area contributed by atoms with Crippen molar-refractivity contribution in [2.45, 2.75) is 19.5 Å². The lowest BCUT2D eigenvalue weighted by atomic mass is 10.1. The highest BCUT2D eigenvalue weighted by molar-refractivity contribution is 5.31. The van der Waals surface area contributed by atoms with E-state index in [4.69, 9.17) is 0 Å². The van der Waals surface area contributed by atoms with E-state index < -0.39 is 23.7 Å². The fourth-order valence-corrected chi connectivity index (χ4v) is 1.10. The quantitative estimate of drug-likeness (QED) is 0.615. The fourth-order valence-electron chi connectivity index (χ4n) is 1.10. The molecule has 0 aliphatic carbocycles. The molecule has 0 bridgehead atoms. The molecular formula is C9H7F5. The van der Waals surface area contributed by atoms with Crippen LogP contribution in [0.3, 0.4) is 0 Å². The molecule has 0 aliphatic rings. The van der Waals surface area contributed by atoms with Crippen LogP contribution < -0.4 is 0 Å². The molecule has 5 heteroatoms. The summed E-state index contributed by atoms with van der Waals surface area (Å²) in [6.07, 6.45) is -7.45. The van der Waals surface area contributed by atoms with Crippen molar-refractivity contribution in [1.82, 2.24) is 0 Å². The summed E-state index contributed by atoms with van der Waals surface area (Å²) >= 11 is 0. The van der Waals surface area contributed by atoms with Crippen LogP contribution in [-0.2, 0) is 6.18 Å². The van der Waals surface area contributed by atoms with Crippen LogP contribution in [0.5, 0.6) is 0 Å². The monoisotopic (exact) mass is 210 g/mol. The van der Waals surface area contributed by atoms with Gasteiger partial charge in [-0.3, -0.25) is 0 Å². The normalized spacial score (nSPS) is 12.2. The van der Waals surface area contributed by atoms with E-state index >= 15 is 0 Å². The minimum atomic E-state index is -4.57. The highest BCUT2D eigenvalue weighted by Gasteiger charge is 2.31. The maximum Gasteiger partial charge on any atom is 0.416 e. The number of aryl methyl sites for hydroxylation is 1. The molecule has 0 saturated heterocycles. The average Bonchev–Trinajstić information content (AvgIpc) is 2.01. The number of hydrogen-bond donors (Lipinski definition) is 0. The van der Waals surface area contributed by atoms with Gasteiger partial charge >= 0.3 is 6.18 Å². The highest BCUT2D eigenvalue weighted by Crippen LogP contribution is 2.32. The summed E-state index contributed by atoms with van der Waals surface area (Å²) < 4.78 is 60.8. The first-order valence-corrected chi connectivity index (χ1v) is 3.77. The van der Waals surface area contributed by atoms with Gasteiger partial charge in [0.25, 0.3) is 6.43 Å². The molecule has 1 aromatic rings. The van der Waals surface area contributed by atoms with E-state index in [9.17, 15) is 22.0 Å². The Bertz CT molecular complexity index is 326. The topological polar surface area (TPSA) is 0 Å². The van der Waals surface area contributed by atoms with Crippen molar-refractivity contribution in [2.75, 3.05) is 0 Å². The Hall–Kier alpha value is -1.13. The predicted molar refractivity (Wildman–Crippen MR) is 41.1 cm³/mol. The second kappa shape index (κ2) is 3.55. The third kappa shape index (κ3) is 2.43. The first-order chi connectivity index (χ1) is 6.30. The summed E-state index contributed by atoms with van der Waals surface area (Å²) in [7, 11) is 0. The van der Waals surface area contributed by atoms with Crippen molar-refractivity contribution in [3.8, 4) is 0 Å². The van der Waals surface area contributed by atoms with Crippen molar-refractivity contribution in [3.63, 3.8) is 0 Å². The van der Waals surface area contributed by atoms with Gasteiger partial charge in [-0.05, 0) is 19.1 Å². The molecule has 0 nitrogen and oxygen atoms in total. The molecule has 14 heavy (non-hydrogen) atoms. The van der Waals surface area contributed by atoms with Gasteiger partial charge in [-0.15, -0.1) is 0 Å². The molecule has 78 valence electrons. The van der Waals surface area contributed by atoms with Crippen molar-refractivity contribution in [1.29, 1.82) is 0 Å². The van der Waals surface area contributed by atoms with E-state index in [-0.39, 0.29) is 5.56 Å². The molecule has 1 rings (SSSR count). The molecule has 1 aromatic carbocycles. The van der Waals surface area contributed by atoms with E-state index in [0.29, 0.717) is 6.07 Å². The summed E-state index contributed by atoms with van der Waals surface area (Å²) in [6.45, 7) is 1.35. The van der Waals surface area contributed by atoms with E-state index in [2.05, 4.69) is 0 Å². The standard InChI is InChI=1S/C9H7F5/c1-5-2-6(8(10)11)4-7(3-5)9(12,13)14/h2-4,8H,1H3. The van der Waals surface area contributed by atoms with Gasteiger partial charge < -0.3 is 0 Å². The predicted octanol–water partition coefficient (Wildman–Crippen LogP) is 3.95.